The second-order valence-corrected chi connectivity index (χ2v) is 4.96. The molecule has 0 spiro atoms. The fourth-order valence-electron chi connectivity index (χ4n) is 1.93. The van der Waals surface area contributed by atoms with Crippen LogP contribution in [0.25, 0.3) is 0 Å². The predicted octanol–water partition coefficient (Wildman–Crippen LogP) is 2.77. The van der Waals surface area contributed by atoms with Crippen molar-refractivity contribution in [2.45, 2.75) is 26.7 Å². The van der Waals surface area contributed by atoms with Crippen LogP contribution in [0.1, 0.15) is 28.3 Å². The lowest BCUT2D eigenvalue weighted by Gasteiger charge is -2.03. The summed E-state index contributed by atoms with van der Waals surface area (Å²) in [7, 11) is 0. The van der Waals surface area contributed by atoms with E-state index in [1.807, 2.05) is 26.0 Å². The van der Waals surface area contributed by atoms with E-state index in [2.05, 4.69) is 16.0 Å². The molecule has 96 valence electrons. The first kappa shape index (κ1) is 13.1. The zero-order valence-corrected chi connectivity index (χ0v) is 11.5. The number of nitrogens with two attached hydrogens (primary N) is 1. The number of nitrogens with zero attached hydrogens (tertiary/aromatic N) is 1. The van der Waals surface area contributed by atoms with E-state index >= 15 is 0 Å². The van der Waals surface area contributed by atoms with E-state index in [0.29, 0.717) is 6.54 Å². The van der Waals surface area contributed by atoms with Crippen LogP contribution in [0, 0.1) is 13.8 Å². The highest BCUT2D eigenvalue weighted by Gasteiger charge is 2.08. The van der Waals surface area contributed by atoms with Gasteiger partial charge in [0.05, 0.1) is 5.69 Å². The lowest BCUT2D eigenvalue weighted by molar-refractivity contribution is 0.885. The Morgan fingerprint density at radius 3 is 2.78 bits per heavy atom. The second kappa shape index (κ2) is 5.55. The van der Waals surface area contributed by atoms with Gasteiger partial charge in [-0.25, -0.2) is 4.98 Å². The Morgan fingerprint density at radius 1 is 1.33 bits per heavy atom. The van der Waals surface area contributed by atoms with E-state index in [1.165, 1.54) is 5.56 Å². The van der Waals surface area contributed by atoms with Crippen molar-refractivity contribution < 1.29 is 0 Å². The molecule has 0 aliphatic carbocycles. The van der Waals surface area contributed by atoms with Gasteiger partial charge in [-0.05, 0) is 37.6 Å². The van der Waals surface area contributed by atoms with Gasteiger partial charge >= 0.3 is 0 Å². The van der Waals surface area contributed by atoms with Crippen LogP contribution >= 0.6 is 11.6 Å². The lowest BCUT2D eigenvalue weighted by Crippen LogP contribution is -2.04. The molecule has 0 saturated heterocycles. The van der Waals surface area contributed by atoms with E-state index in [0.717, 1.165) is 40.6 Å². The first-order valence-electron chi connectivity index (χ1n) is 6.09. The molecule has 4 heteroatoms. The summed E-state index contributed by atoms with van der Waals surface area (Å²) in [5, 5.41) is 0.808. The molecule has 18 heavy (non-hydrogen) atoms. The highest BCUT2D eigenvalue weighted by molar-refractivity contribution is 6.31. The maximum absolute atomic E-state index is 6.13. The summed E-state index contributed by atoms with van der Waals surface area (Å²) < 4.78 is 0. The number of rotatable bonds is 4. The van der Waals surface area contributed by atoms with Crippen molar-refractivity contribution in [1.29, 1.82) is 0 Å². The van der Waals surface area contributed by atoms with E-state index < -0.39 is 0 Å². The fourth-order valence-corrected chi connectivity index (χ4v) is 2.13. The number of imidazole rings is 1. The minimum Gasteiger partial charge on any atom is -0.346 e. The number of aromatic nitrogens is 2. The maximum atomic E-state index is 6.13. The Hall–Kier alpha value is -1.32. The van der Waals surface area contributed by atoms with Crippen molar-refractivity contribution >= 4 is 11.6 Å². The molecule has 2 aromatic rings. The molecule has 0 aliphatic rings. The van der Waals surface area contributed by atoms with Gasteiger partial charge in [0.1, 0.15) is 5.82 Å². The van der Waals surface area contributed by atoms with Crippen molar-refractivity contribution in [1.82, 2.24) is 9.97 Å². The van der Waals surface area contributed by atoms with Crippen molar-refractivity contribution in [3.05, 3.63) is 51.6 Å². The molecule has 0 saturated carbocycles. The monoisotopic (exact) mass is 263 g/mol. The Labute approximate surface area is 112 Å². The molecule has 1 aromatic heterocycles. The number of H-pyrrole nitrogens is 1. The smallest absolute Gasteiger partial charge is 0.107 e. The molecule has 2 rings (SSSR count). The Bertz CT molecular complexity index is 546. The van der Waals surface area contributed by atoms with Gasteiger partial charge in [-0.15, -0.1) is 0 Å². The molecule has 0 fully saturated rings. The van der Waals surface area contributed by atoms with Gasteiger partial charge in [-0.1, -0.05) is 23.7 Å². The zero-order valence-electron chi connectivity index (χ0n) is 10.8. The number of hydrogen-bond donors (Lipinski definition) is 2. The third kappa shape index (κ3) is 2.92. The van der Waals surface area contributed by atoms with Crippen LogP contribution in [-0.4, -0.2) is 16.5 Å². The Balaban J connectivity index is 2.20. The molecule has 0 bridgehead atoms. The molecule has 3 nitrogen and oxygen atoms in total. The summed E-state index contributed by atoms with van der Waals surface area (Å²) in [4.78, 5) is 7.84. The molecule has 3 N–H and O–H groups in total. The van der Waals surface area contributed by atoms with Crippen molar-refractivity contribution in [2.75, 3.05) is 6.54 Å². The molecular weight excluding hydrogens is 246 g/mol. The summed E-state index contributed by atoms with van der Waals surface area (Å²) in [6, 6.07) is 6.14. The number of hydrogen-bond acceptors (Lipinski definition) is 2. The van der Waals surface area contributed by atoms with Crippen LogP contribution in [0.2, 0.25) is 5.02 Å². The van der Waals surface area contributed by atoms with Gasteiger partial charge in [0.2, 0.25) is 0 Å². The Morgan fingerprint density at radius 2 is 2.11 bits per heavy atom. The van der Waals surface area contributed by atoms with Crippen LogP contribution in [0.3, 0.4) is 0 Å². The van der Waals surface area contributed by atoms with Crippen LogP contribution in [0.4, 0.5) is 0 Å². The van der Waals surface area contributed by atoms with E-state index in [9.17, 15) is 0 Å². The first-order chi connectivity index (χ1) is 8.60. The third-order valence-electron chi connectivity index (χ3n) is 3.02. The van der Waals surface area contributed by atoms with Crippen LogP contribution in [0.15, 0.2) is 18.2 Å². The highest BCUT2D eigenvalue weighted by Crippen LogP contribution is 2.19. The molecule has 0 unspecified atom stereocenters. The molecule has 1 aromatic carbocycles. The average Bonchev–Trinajstić information content (AvgIpc) is 2.65. The standard InChI is InChI=1S/C14H18ClN3/c1-9-3-4-11(7-12(9)15)8-13-10(2)17-14(18-13)5-6-16/h3-4,7H,5-6,8,16H2,1-2H3,(H,17,18). The number of nitrogens with one attached hydrogen (secondary N) is 1. The van der Waals surface area contributed by atoms with Crippen LogP contribution in [-0.2, 0) is 12.8 Å². The molecule has 0 atom stereocenters. The van der Waals surface area contributed by atoms with Gasteiger partial charge in [0, 0.05) is 23.6 Å². The highest BCUT2D eigenvalue weighted by atomic mass is 35.5. The summed E-state index contributed by atoms with van der Waals surface area (Å²) >= 11 is 6.13. The zero-order chi connectivity index (χ0) is 13.1. The Kier molecular flexibility index (Phi) is 4.04. The van der Waals surface area contributed by atoms with E-state index in [1.54, 1.807) is 0 Å². The van der Waals surface area contributed by atoms with E-state index in [4.69, 9.17) is 17.3 Å². The largest absolute Gasteiger partial charge is 0.346 e. The SMILES string of the molecule is Cc1ccc(Cc2nc(CCN)[nH]c2C)cc1Cl. The molecular formula is C14H18ClN3. The minimum atomic E-state index is 0.614. The summed E-state index contributed by atoms with van der Waals surface area (Å²) in [5.74, 6) is 0.961. The second-order valence-electron chi connectivity index (χ2n) is 4.55. The van der Waals surface area contributed by atoms with Gasteiger partial charge in [0.15, 0.2) is 0 Å². The topological polar surface area (TPSA) is 54.7 Å². The number of aromatic amines is 1. The number of aryl methyl sites for hydroxylation is 2. The fraction of sp³-hybridized carbons (Fsp3) is 0.357. The van der Waals surface area contributed by atoms with Crippen molar-refractivity contribution in [2.24, 2.45) is 5.73 Å². The summed E-state index contributed by atoms with van der Waals surface area (Å²) in [5.41, 5.74) is 9.99. The average molecular weight is 264 g/mol. The van der Waals surface area contributed by atoms with Gasteiger partial charge in [-0.3, -0.25) is 0 Å². The summed E-state index contributed by atoms with van der Waals surface area (Å²) in [6.45, 7) is 4.66. The van der Waals surface area contributed by atoms with Gasteiger partial charge in [0.25, 0.3) is 0 Å². The van der Waals surface area contributed by atoms with Crippen molar-refractivity contribution in [3.63, 3.8) is 0 Å². The first-order valence-corrected chi connectivity index (χ1v) is 6.47. The molecule has 0 amide bonds. The van der Waals surface area contributed by atoms with E-state index in [-0.39, 0.29) is 0 Å². The van der Waals surface area contributed by atoms with Crippen LogP contribution in [0.5, 0.6) is 0 Å². The lowest BCUT2D eigenvalue weighted by atomic mass is 10.1. The molecule has 0 radical (unpaired) electrons. The maximum Gasteiger partial charge on any atom is 0.107 e. The minimum absolute atomic E-state index is 0.614. The summed E-state index contributed by atoms with van der Waals surface area (Å²) in [6.07, 6.45) is 1.59. The van der Waals surface area contributed by atoms with Crippen molar-refractivity contribution in [3.8, 4) is 0 Å². The van der Waals surface area contributed by atoms with Gasteiger partial charge in [-0.2, -0.15) is 0 Å². The normalized spacial score (nSPS) is 10.9. The molecule has 1 heterocycles. The number of benzene rings is 1. The quantitative estimate of drug-likeness (QED) is 0.891. The predicted molar refractivity (Wildman–Crippen MR) is 75.1 cm³/mol. The van der Waals surface area contributed by atoms with Gasteiger partial charge < -0.3 is 10.7 Å². The third-order valence-corrected chi connectivity index (χ3v) is 3.43. The molecule has 0 aliphatic heterocycles. The number of halogens is 1. The van der Waals surface area contributed by atoms with Crippen LogP contribution < -0.4 is 5.73 Å².